The van der Waals surface area contributed by atoms with Crippen LogP contribution in [0.1, 0.15) is 17.5 Å². The Bertz CT molecular complexity index is 731. The number of benzene rings is 1. The van der Waals surface area contributed by atoms with E-state index >= 15 is 0 Å². The summed E-state index contributed by atoms with van der Waals surface area (Å²) in [6, 6.07) is 9.71. The molecule has 20 heavy (non-hydrogen) atoms. The summed E-state index contributed by atoms with van der Waals surface area (Å²) >= 11 is 1.60. The van der Waals surface area contributed by atoms with Crippen molar-refractivity contribution in [3.05, 3.63) is 46.3 Å². The lowest BCUT2D eigenvalue weighted by Gasteiger charge is -2.04. The molecular formula is C15H15N3OS. The molecule has 0 fully saturated rings. The first-order valence-corrected chi connectivity index (χ1v) is 7.43. The summed E-state index contributed by atoms with van der Waals surface area (Å²) in [5.74, 6) is 0.00773. The van der Waals surface area contributed by atoms with Crippen LogP contribution in [0.25, 0.3) is 10.9 Å². The van der Waals surface area contributed by atoms with Gasteiger partial charge in [0.25, 0.3) is 0 Å². The number of nitrogens with zero attached hydrogens (tertiary/aromatic N) is 1. The van der Waals surface area contributed by atoms with Gasteiger partial charge < -0.3 is 5.32 Å². The van der Waals surface area contributed by atoms with E-state index in [2.05, 4.69) is 22.4 Å². The summed E-state index contributed by atoms with van der Waals surface area (Å²) in [5.41, 5.74) is 2.84. The Hall–Kier alpha value is -2.14. The van der Waals surface area contributed by atoms with E-state index in [-0.39, 0.29) is 5.91 Å². The standard InChI is InChI=1S/C15H15N3OS/c1-2-13-12-8-10(5-6-14(12)18-17-13)16-15(19)9-11-4-3-7-20-11/h3-8H,2,9H2,1H3,(H,16,19)(H,17,18). The molecule has 0 aliphatic heterocycles. The average Bonchev–Trinajstić information content (AvgIpc) is 3.07. The Morgan fingerprint density at radius 1 is 1.40 bits per heavy atom. The molecule has 0 aliphatic carbocycles. The minimum absolute atomic E-state index is 0.00773. The molecular weight excluding hydrogens is 270 g/mol. The van der Waals surface area contributed by atoms with Crippen LogP contribution in [0.5, 0.6) is 0 Å². The van der Waals surface area contributed by atoms with Crippen molar-refractivity contribution in [3.63, 3.8) is 0 Å². The zero-order valence-corrected chi connectivity index (χ0v) is 12.0. The van der Waals surface area contributed by atoms with Gasteiger partial charge >= 0.3 is 0 Å². The fourth-order valence-corrected chi connectivity index (χ4v) is 2.89. The molecule has 0 saturated heterocycles. The largest absolute Gasteiger partial charge is 0.326 e. The van der Waals surface area contributed by atoms with Gasteiger partial charge in [-0.2, -0.15) is 5.10 Å². The smallest absolute Gasteiger partial charge is 0.229 e. The third kappa shape index (κ3) is 2.58. The second kappa shape index (κ2) is 5.46. The SMILES string of the molecule is CCc1[nH]nc2ccc(NC(=O)Cc3cccs3)cc12. The van der Waals surface area contributed by atoms with Crippen molar-refractivity contribution in [3.8, 4) is 0 Å². The number of anilines is 1. The topological polar surface area (TPSA) is 57.8 Å². The Morgan fingerprint density at radius 3 is 3.05 bits per heavy atom. The van der Waals surface area contributed by atoms with Crippen molar-refractivity contribution in [2.45, 2.75) is 19.8 Å². The quantitative estimate of drug-likeness (QED) is 0.772. The van der Waals surface area contributed by atoms with Gasteiger partial charge in [0.15, 0.2) is 0 Å². The fourth-order valence-electron chi connectivity index (χ4n) is 2.19. The minimum Gasteiger partial charge on any atom is -0.326 e. The molecule has 0 unspecified atom stereocenters. The fraction of sp³-hybridized carbons (Fsp3) is 0.200. The number of carbonyl (C=O) groups excluding carboxylic acids is 1. The first-order valence-electron chi connectivity index (χ1n) is 6.55. The van der Waals surface area contributed by atoms with Crippen LogP contribution in [0.4, 0.5) is 5.69 Å². The van der Waals surface area contributed by atoms with Crippen molar-refractivity contribution < 1.29 is 4.79 Å². The number of thiophene rings is 1. The number of rotatable bonds is 4. The van der Waals surface area contributed by atoms with Crippen molar-refractivity contribution in [1.82, 2.24) is 10.2 Å². The number of hydrogen-bond acceptors (Lipinski definition) is 3. The molecule has 2 heterocycles. The first-order chi connectivity index (χ1) is 9.76. The molecule has 4 nitrogen and oxygen atoms in total. The number of nitrogens with one attached hydrogen (secondary N) is 2. The van der Waals surface area contributed by atoms with E-state index in [1.54, 1.807) is 11.3 Å². The number of fused-ring (bicyclic) bond motifs is 1. The second-order valence-corrected chi connectivity index (χ2v) is 5.62. The van der Waals surface area contributed by atoms with Gasteiger partial charge in [0.05, 0.1) is 11.9 Å². The molecule has 2 aromatic heterocycles. The second-order valence-electron chi connectivity index (χ2n) is 4.59. The van der Waals surface area contributed by atoms with Gasteiger partial charge in [0.2, 0.25) is 5.91 Å². The number of aromatic amines is 1. The van der Waals surface area contributed by atoms with Crippen molar-refractivity contribution in [2.75, 3.05) is 5.32 Å². The Kier molecular flexibility index (Phi) is 3.52. The van der Waals surface area contributed by atoms with Crippen molar-refractivity contribution in [2.24, 2.45) is 0 Å². The number of carbonyl (C=O) groups is 1. The van der Waals surface area contributed by atoms with Crippen LogP contribution in [0.3, 0.4) is 0 Å². The third-order valence-electron chi connectivity index (χ3n) is 3.19. The van der Waals surface area contributed by atoms with Crippen LogP contribution in [-0.4, -0.2) is 16.1 Å². The predicted molar refractivity (Wildman–Crippen MR) is 82.1 cm³/mol. The highest BCUT2D eigenvalue weighted by Gasteiger charge is 2.08. The molecule has 2 N–H and O–H groups in total. The van der Waals surface area contributed by atoms with E-state index in [1.807, 2.05) is 35.7 Å². The number of hydrogen-bond donors (Lipinski definition) is 2. The maximum Gasteiger partial charge on any atom is 0.229 e. The average molecular weight is 285 g/mol. The van der Waals surface area contributed by atoms with Crippen LogP contribution in [0.15, 0.2) is 35.7 Å². The van der Waals surface area contributed by atoms with Gasteiger partial charge in [-0.3, -0.25) is 9.89 Å². The van der Waals surface area contributed by atoms with Gasteiger partial charge in [-0.05, 0) is 36.1 Å². The molecule has 102 valence electrons. The highest BCUT2D eigenvalue weighted by atomic mass is 32.1. The molecule has 0 bridgehead atoms. The van der Waals surface area contributed by atoms with E-state index in [4.69, 9.17) is 0 Å². The molecule has 0 radical (unpaired) electrons. The van der Waals surface area contributed by atoms with Crippen LogP contribution in [0, 0.1) is 0 Å². The number of H-pyrrole nitrogens is 1. The summed E-state index contributed by atoms with van der Waals surface area (Å²) in [6.45, 7) is 2.08. The van der Waals surface area contributed by atoms with Gasteiger partial charge in [-0.1, -0.05) is 13.0 Å². The lowest BCUT2D eigenvalue weighted by atomic mass is 10.1. The highest BCUT2D eigenvalue weighted by Crippen LogP contribution is 2.21. The Labute approximate surface area is 120 Å². The van der Waals surface area contributed by atoms with Gasteiger partial charge in [-0.15, -0.1) is 11.3 Å². The van der Waals surface area contributed by atoms with E-state index in [1.165, 1.54) is 0 Å². The lowest BCUT2D eigenvalue weighted by Crippen LogP contribution is -2.13. The Balaban J connectivity index is 1.78. The molecule has 1 aromatic carbocycles. The maximum absolute atomic E-state index is 12.0. The number of aromatic nitrogens is 2. The van der Waals surface area contributed by atoms with Crippen LogP contribution < -0.4 is 5.32 Å². The van der Waals surface area contributed by atoms with Gasteiger partial charge in [0.1, 0.15) is 0 Å². The molecule has 3 rings (SSSR count). The molecule has 0 spiro atoms. The summed E-state index contributed by atoms with van der Waals surface area (Å²) < 4.78 is 0. The van der Waals surface area contributed by atoms with E-state index in [0.717, 1.165) is 33.6 Å². The van der Waals surface area contributed by atoms with E-state index in [0.29, 0.717) is 6.42 Å². The van der Waals surface area contributed by atoms with Crippen LogP contribution in [0.2, 0.25) is 0 Å². The minimum atomic E-state index is 0.00773. The van der Waals surface area contributed by atoms with Gasteiger partial charge in [-0.25, -0.2) is 0 Å². The summed E-state index contributed by atoms with van der Waals surface area (Å²) in [6.07, 6.45) is 1.31. The molecule has 0 saturated carbocycles. The van der Waals surface area contributed by atoms with Crippen LogP contribution >= 0.6 is 11.3 Å². The normalized spacial score (nSPS) is 10.8. The Morgan fingerprint density at radius 2 is 2.30 bits per heavy atom. The summed E-state index contributed by atoms with van der Waals surface area (Å²) in [7, 11) is 0. The molecule has 3 aromatic rings. The van der Waals surface area contributed by atoms with Crippen molar-refractivity contribution in [1.29, 1.82) is 0 Å². The number of amides is 1. The van der Waals surface area contributed by atoms with Crippen LogP contribution in [-0.2, 0) is 17.6 Å². The van der Waals surface area contributed by atoms with Gasteiger partial charge in [0, 0.05) is 21.6 Å². The third-order valence-corrected chi connectivity index (χ3v) is 4.06. The highest BCUT2D eigenvalue weighted by molar-refractivity contribution is 7.10. The lowest BCUT2D eigenvalue weighted by molar-refractivity contribution is -0.115. The predicted octanol–water partition coefficient (Wildman–Crippen LogP) is 3.37. The monoisotopic (exact) mass is 285 g/mol. The van der Waals surface area contributed by atoms with Crippen molar-refractivity contribution >= 4 is 33.8 Å². The van der Waals surface area contributed by atoms with E-state index in [9.17, 15) is 4.79 Å². The van der Waals surface area contributed by atoms with E-state index < -0.39 is 0 Å². The first kappa shape index (κ1) is 12.9. The molecule has 0 atom stereocenters. The molecule has 5 heteroatoms. The zero-order chi connectivity index (χ0) is 13.9. The summed E-state index contributed by atoms with van der Waals surface area (Å²) in [4.78, 5) is 13.1. The maximum atomic E-state index is 12.0. The molecule has 0 aliphatic rings. The molecule has 1 amide bonds. The summed E-state index contributed by atoms with van der Waals surface area (Å²) in [5, 5.41) is 13.2. The zero-order valence-electron chi connectivity index (χ0n) is 11.1. The number of aryl methyl sites for hydroxylation is 1.